The van der Waals surface area contributed by atoms with Crippen LogP contribution in [0.5, 0.6) is 23.0 Å². The second-order valence-corrected chi connectivity index (χ2v) is 5.32. The molecule has 1 N–H and O–H groups in total. The van der Waals surface area contributed by atoms with Gasteiger partial charge in [-0.1, -0.05) is 6.92 Å². The number of phenols is 1. The molecule has 25 heavy (non-hydrogen) atoms. The number of benzene rings is 2. The van der Waals surface area contributed by atoms with E-state index in [1.165, 1.54) is 0 Å². The van der Waals surface area contributed by atoms with Gasteiger partial charge in [-0.3, -0.25) is 4.99 Å². The molecule has 0 aliphatic carbocycles. The minimum Gasteiger partial charge on any atom is -0.507 e. The summed E-state index contributed by atoms with van der Waals surface area (Å²) in [5, 5.41) is 10.1. The van der Waals surface area contributed by atoms with E-state index in [0.29, 0.717) is 42.6 Å². The topological polar surface area (TPSA) is 60.3 Å². The SMILES string of the molecule is CCCOc1ccc(C=Nc2ccc(OCC)c(OCC)c2)c(O)c1. The van der Waals surface area contributed by atoms with Gasteiger partial charge in [0.2, 0.25) is 0 Å². The number of aliphatic imine (C=N–C) groups is 1. The van der Waals surface area contributed by atoms with Crippen LogP contribution in [0.1, 0.15) is 32.8 Å². The molecule has 0 fully saturated rings. The van der Waals surface area contributed by atoms with E-state index in [9.17, 15) is 5.11 Å². The summed E-state index contributed by atoms with van der Waals surface area (Å²) in [5.74, 6) is 2.14. The maximum Gasteiger partial charge on any atom is 0.163 e. The molecule has 0 radical (unpaired) electrons. The number of aromatic hydroxyl groups is 1. The van der Waals surface area contributed by atoms with Gasteiger partial charge >= 0.3 is 0 Å². The van der Waals surface area contributed by atoms with Gasteiger partial charge in [0.15, 0.2) is 11.5 Å². The predicted molar refractivity (Wildman–Crippen MR) is 99.9 cm³/mol. The highest BCUT2D eigenvalue weighted by Gasteiger charge is 2.06. The molecule has 0 saturated heterocycles. The third-order valence-corrected chi connectivity index (χ3v) is 3.35. The molecule has 5 nitrogen and oxygen atoms in total. The zero-order valence-electron chi connectivity index (χ0n) is 15.0. The molecule has 2 aromatic rings. The standard InChI is InChI=1S/C20H25NO4/c1-4-11-25-17-9-7-15(18(22)13-17)14-21-16-8-10-19(23-5-2)20(12-16)24-6-3/h7-10,12-14,22H,4-6,11H2,1-3H3. The van der Waals surface area contributed by atoms with Gasteiger partial charge in [0.05, 0.1) is 25.5 Å². The number of hydrogen-bond acceptors (Lipinski definition) is 5. The Morgan fingerprint density at radius 3 is 2.36 bits per heavy atom. The van der Waals surface area contributed by atoms with Crippen molar-refractivity contribution in [1.29, 1.82) is 0 Å². The molecule has 134 valence electrons. The minimum atomic E-state index is 0.133. The summed E-state index contributed by atoms with van der Waals surface area (Å²) in [4.78, 5) is 4.41. The smallest absolute Gasteiger partial charge is 0.163 e. The highest BCUT2D eigenvalue weighted by molar-refractivity contribution is 5.85. The van der Waals surface area contributed by atoms with Crippen molar-refractivity contribution in [2.24, 2.45) is 4.99 Å². The first-order valence-electron chi connectivity index (χ1n) is 8.57. The van der Waals surface area contributed by atoms with Gasteiger partial charge in [-0.25, -0.2) is 0 Å². The molecular formula is C20H25NO4. The van der Waals surface area contributed by atoms with Crippen molar-refractivity contribution in [3.63, 3.8) is 0 Å². The summed E-state index contributed by atoms with van der Waals surface area (Å²) in [7, 11) is 0. The summed E-state index contributed by atoms with van der Waals surface area (Å²) >= 11 is 0. The highest BCUT2D eigenvalue weighted by Crippen LogP contribution is 2.32. The van der Waals surface area contributed by atoms with Crippen molar-refractivity contribution in [3.8, 4) is 23.0 Å². The van der Waals surface area contributed by atoms with Crippen LogP contribution in [0.4, 0.5) is 5.69 Å². The van der Waals surface area contributed by atoms with Gasteiger partial charge in [0.1, 0.15) is 11.5 Å². The zero-order chi connectivity index (χ0) is 18.1. The van der Waals surface area contributed by atoms with Crippen LogP contribution in [0, 0.1) is 0 Å². The van der Waals surface area contributed by atoms with E-state index < -0.39 is 0 Å². The molecule has 0 spiro atoms. The summed E-state index contributed by atoms with van der Waals surface area (Å²) in [6.07, 6.45) is 2.54. The highest BCUT2D eigenvalue weighted by atomic mass is 16.5. The van der Waals surface area contributed by atoms with Gasteiger partial charge < -0.3 is 19.3 Å². The first kappa shape index (κ1) is 18.6. The van der Waals surface area contributed by atoms with E-state index in [4.69, 9.17) is 14.2 Å². The second-order valence-electron chi connectivity index (χ2n) is 5.32. The van der Waals surface area contributed by atoms with E-state index in [0.717, 1.165) is 12.1 Å². The van der Waals surface area contributed by atoms with Gasteiger partial charge in [-0.2, -0.15) is 0 Å². The molecule has 0 atom stereocenters. The first-order chi connectivity index (χ1) is 12.2. The number of rotatable bonds is 9. The Bertz CT molecular complexity index is 713. The summed E-state index contributed by atoms with van der Waals surface area (Å²) < 4.78 is 16.6. The van der Waals surface area contributed by atoms with E-state index >= 15 is 0 Å². The fourth-order valence-electron chi connectivity index (χ4n) is 2.21. The van der Waals surface area contributed by atoms with Crippen molar-refractivity contribution < 1.29 is 19.3 Å². The Hall–Kier alpha value is -2.69. The molecule has 0 saturated carbocycles. The Morgan fingerprint density at radius 1 is 0.920 bits per heavy atom. The molecule has 0 amide bonds. The average molecular weight is 343 g/mol. The lowest BCUT2D eigenvalue weighted by atomic mass is 10.2. The van der Waals surface area contributed by atoms with Crippen LogP contribution in [0.25, 0.3) is 0 Å². The van der Waals surface area contributed by atoms with Crippen LogP contribution in [-0.4, -0.2) is 31.1 Å². The van der Waals surface area contributed by atoms with Crippen molar-refractivity contribution in [2.75, 3.05) is 19.8 Å². The lowest BCUT2D eigenvalue weighted by Crippen LogP contribution is -1.97. The zero-order valence-corrected chi connectivity index (χ0v) is 15.0. The van der Waals surface area contributed by atoms with Crippen molar-refractivity contribution in [1.82, 2.24) is 0 Å². The molecule has 5 heteroatoms. The fraction of sp³-hybridized carbons (Fsp3) is 0.350. The molecule has 0 unspecified atom stereocenters. The molecule has 0 bridgehead atoms. The lowest BCUT2D eigenvalue weighted by Gasteiger charge is -2.11. The van der Waals surface area contributed by atoms with E-state index in [-0.39, 0.29) is 5.75 Å². The second kappa shape index (κ2) is 9.57. The van der Waals surface area contributed by atoms with Crippen LogP contribution < -0.4 is 14.2 Å². The van der Waals surface area contributed by atoms with Gasteiger partial charge in [-0.15, -0.1) is 0 Å². The van der Waals surface area contributed by atoms with Gasteiger partial charge in [0, 0.05) is 23.9 Å². The monoisotopic (exact) mass is 343 g/mol. The van der Waals surface area contributed by atoms with Gasteiger partial charge in [-0.05, 0) is 44.5 Å². The number of hydrogen-bond donors (Lipinski definition) is 1. The average Bonchev–Trinajstić information content (AvgIpc) is 2.61. The van der Waals surface area contributed by atoms with Crippen molar-refractivity contribution >= 4 is 11.9 Å². The third-order valence-electron chi connectivity index (χ3n) is 3.35. The molecule has 2 rings (SSSR count). The Kier molecular flexibility index (Phi) is 7.14. The number of phenolic OH excluding ortho intramolecular Hbond substituents is 1. The van der Waals surface area contributed by atoms with Crippen LogP contribution >= 0.6 is 0 Å². The number of nitrogens with zero attached hydrogens (tertiary/aromatic N) is 1. The van der Waals surface area contributed by atoms with E-state index in [2.05, 4.69) is 4.99 Å². The Balaban J connectivity index is 2.16. The van der Waals surface area contributed by atoms with E-state index in [1.807, 2.05) is 45.0 Å². The molecule has 0 heterocycles. The Labute approximate surface area is 148 Å². The minimum absolute atomic E-state index is 0.133. The Morgan fingerprint density at radius 2 is 1.68 bits per heavy atom. The van der Waals surface area contributed by atoms with Crippen LogP contribution in [0.2, 0.25) is 0 Å². The van der Waals surface area contributed by atoms with Crippen molar-refractivity contribution in [3.05, 3.63) is 42.0 Å². The summed E-state index contributed by atoms with van der Waals surface area (Å²) in [6.45, 7) is 7.63. The van der Waals surface area contributed by atoms with Crippen molar-refractivity contribution in [2.45, 2.75) is 27.2 Å². The summed E-state index contributed by atoms with van der Waals surface area (Å²) in [6, 6.07) is 10.7. The molecule has 0 aliphatic heterocycles. The van der Waals surface area contributed by atoms with Crippen LogP contribution in [0.3, 0.4) is 0 Å². The van der Waals surface area contributed by atoms with Gasteiger partial charge in [0.25, 0.3) is 0 Å². The lowest BCUT2D eigenvalue weighted by molar-refractivity contribution is 0.288. The third kappa shape index (κ3) is 5.41. The first-order valence-corrected chi connectivity index (χ1v) is 8.57. The normalized spacial score (nSPS) is 10.8. The quantitative estimate of drug-likeness (QED) is 0.669. The molecule has 0 aromatic heterocycles. The van der Waals surface area contributed by atoms with Crippen LogP contribution in [0.15, 0.2) is 41.4 Å². The fourth-order valence-corrected chi connectivity index (χ4v) is 2.21. The predicted octanol–water partition coefficient (Wildman–Crippen LogP) is 4.73. The van der Waals surface area contributed by atoms with E-state index in [1.54, 1.807) is 18.3 Å². The molecule has 0 aliphatic rings. The molecular weight excluding hydrogens is 318 g/mol. The molecule has 2 aromatic carbocycles. The number of ether oxygens (including phenoxy) is 3. The largest absolute Gasteiger partial charge is 0.507 e. The maximum atomic E-state index is 10.1. The maximum absolute atomic E-state index is 10.1. The van der Waals surface area contributed by atoms with Crippen LogP contribution in [-0.2, 0) is 0 Å². The summed E-state index contributed by atoms with van der Waals surface area (Å²) in [5.41, 5.74) is 1.34.